The van der Waals surface area contributed by atoms with Gasteiger partial charge < -0.3 is 11.1 Å². The van der Waals surface area contributed by atoms with E-state index in [0.29, 0.717) is 17.1 Å². The van der Waals surface area contributed by atoms with Gasteiger partial charge in [0.2, 0.25) is 6.41 Å². The van der Waals surface area contributed by atoms with Gasteiger partial charge in [-0.3, -0.25) is 23.8 Å². The van der Waals surface area contributed by atoms with Crippen molar-refractivity contribution in [1.82, 2.24) is 4.98 Å². The van der Waals surface area contributed by atoms with Crippen LogP contribution in [-0.4, -0.2) is 38.6 Å². The molecule has 1 aromatic carbocycles. The minimum atomic E-state index is -1.66. The summed E-state index contributed by atoms with van der Waals surface area (Å²) < 4.78 is 38.4. The molecule has 0 fully saturated rings. The molecule has 1 aromatic heterocycles. The number of anilines is 1. The van der Waals surface area contributed by atoms with Crippen molar-refractivity contribution in [2.75, 3.05) is 17.7 Å². The van der Waals surface area contributed by atoms with Crippen molar-refractivity contribution in [1.29, 1.82) is 5.41 Å². The molecule has 1 amide bonds. The third kappa shape index (κ3) is 7.66. The summed E-state index contributed by atoms with van der Waals surface area (Å²) in [5.41, 5.74) is 7.93. The van der Waals surface area contributed by atoms with E-state index in [4.69, 9.17) is 22.7 Å². The minimum absolute atomic E-state index is 0.0297. The molecule has 0 aliphatic carbocycles. The summed E-state index contributed by atoms with van der Waals surface area (Å²) in [5, 5.41) is 10.5. The first-order chi connectivity index (χ1) is 14.4. The molecule has 0 bridgehead atoms. The molecule has 0 aliphatic heterocycles. The van der Waals surface area contributed by atoms with Gasteiger partial charge >= 0.3 is 0 Å². The smallest absolute Gasteiger partial charge is 0.211 e. The summed E-state index contributed by atoms with van der Waals surface area (Å²) in [7, 11) is -1.66. The zero-order chi connectivity index (χ0) is 23.8. The van der Waals surface area contributed by atoms with Gasteiger partial charge in [-0.1, -0.05) is 11.6 Å². The molecule has 10 heteroatoms. The van der Waals surface area contributed by atoms with Gasteiger partial charge in [-0.2, -0.15) is 0 Å². The summed E-state index contributed by atoms with van der Waals surface area (Å²) in [5.74, 6) is -2.05. The number of hydrogen-bond donors (Lipinski definition) is 3. The quantitative estimate of drug-likeness (QED) is 0.303. The van der Waals surface area contributed by atoms with Crippen molar-refractivity contribution in [2.45, 2.75) is 38.4 Å². The minimum Gasteiger partial charge on any atom is -0.386 e. The van der Waals surface area contributed by atoms with E-state index in [2.05, 4.69) is 10.3 Å². The molecule has 0 radical (unpaired) electrons. The SMILES string of the molecule is CC(C)(C(=N)N)S(=O)CC(CF)c1cc(NC=O)ccc1F.Cc1cc(Cl)cnc1C. The summed E-state index contributed by atoms with van der Waals surface area (Å²) in [6.45, 7) is 6.07. The Morgan fingerprint density at radius 1 is 1.39 bits per heavy atom. The number of nitrogens with one attached hydrogen (secondary N) is 2. The van der Waals surface area contributed by atoms with E-state index < -0.39 is 34.0 Å². The summed E-state index contributed by atoms with van der Waals surface area (Å²) in [6, 6.07) is 5.68. The lowest BCUT2D eigenvalue weighted by Gasteiger charge is -2.25. The van der Waals surface area contributed by atoms with Crippen molar-refractivity contribution in [2.24, 2.45) is 5.73 Å². The van der Waals surface area contributed by atoms with Gasteiger partial charge in [0, 0.05) is 40.0 Å². The molecule has 6 nitrogen and oxygen atoms in total. The molecule has 31 heavy (non-hydrogen) atoms. The molecule has 2 rings (SSSR count). The normalized spacial score (nSPS) is 12.9. The van der Waals surface area contributed by atoms with E-state index in [1.165, 1.54) is 26.0 Å². The molecule has 0 spiro atoms. The fourth-order valence-corrected chi connectivity index (χ4v) is 3.86. The van der Waals surface area contributed by atoms with Crippen LogP contribution in [0.1, 0.15) is 36.6 Å². The van der Waals surface area contributed by atoms with Gasteiger partial charge in [0.15, 0.2) is 0 Å². The highest BCUT2D eigenvalue weighted by molar-refractivity contribution is 7.87. The number of carbonyl (C=O) groups excluding carboxylic acids is 1. The number of nitrogens with two attached hydrogens (primary N) is 1. The van der Waals surface area contributed by atoms with Crippen molar-refractivity contribution >= 4 is 40.3 Å². The van der Waals surface area contributed by atoms with E-state index in [1.807, 2.05) is 19.9 Å². The van der Waals surface area contributed by atoms with Gasteiger partial charge in [-0.25, -0.2) is 4.39 Å². The zero-order valence-electron chi connectivity index (χ0n) is 17.8. The Morgan fingerprint density at radius 2 is 2.03 bits per heavy atom. The average molecular weight is 473 g/mol. The maximum absolute atomic E-state index is 13.9. The van der Waals surface area contributed by atoms with Gasteiger partial charge in [0.1, 0.15) is 11.7 Å². The highest BCUT2D eigenvalue weighted by atomic mass is 35.5. The molecule has 0 saturated heterocycles. The second-order valence-electron chi connectivity index (χ2n) is 7.34. The van der Waals surface area contributed by atoms with Crippen LogP contribution in [0.3, 0.4) is 0 Å². The number of aromatic nitrogens is 1. The van der Waals surface area contributed by atoms with Crippen LogP contribution in [0.25, 0.3) is 0 Å². The third-order valence-electron chi connectivity index (χ3n) is 4.72. The Morgan fingerprint density at radius 3 is 2.52 bits per heavy atom. The van der Waals surface area contributed by atoms with Crippen LogP contribution >= 0.6 is 11.6 Å². The first-order valence-corrected chi connectivity index (χ1v) is 11.0. The predicted molar refractivity (Wildman–Crippen MR) is 123 cm³/mol. The van der Waals surface area contributed by atoms with E-state index in [9.17, 15) is 17.8 Å². The predicted octanol–water partition coefficient (Wildman–Crippen LogP) is 4.26. The number of benzene rings is 1. The summed E-state index contributed by atoms with van der Waals surface area (Å²) in [6.07, 6.45) is 2.09. The van der Waals surface area contributed by atoms with Gasteiger partial charge in [0.05, 0.1) is 16.4 Å². The van der Waals surface area contributed by atoms with Crippen LogP contribution in [-0.2, 0) is 15.6 Å². The van der Waals surface area contributed by atoms with Gasteiger partial charge in [-0.15, -0.1) is 0 Å². The Kier molecular flexibility index (Phi) is 10.2. The van der Waals surface area contributed by atoms with Crippen LogP contribution in [0.5, 0.6) is 0 Å². The number of amidine groups is 1. The molecule has 2 aromatic rings. The monoisotopic (exact) mass is 472 g/mol. The fraction of sp³-hybridized carbons (Fsp3) is 0.381. The Labute approximate surface area is 188 Å². The molecule has 4 N–H and O–H groups in total. The highest BCUT2D eigenvalue weighted by Crippen LogP contribution is 2.27. The van der Waals surface area contributed by atoms with Crippen LogP contribution in [0.2, 0.25) is 5.02 Å². The van der Waals surface area contributed by atoms with E-state index in [-0.39, 0.29) is 17.2 Å². The lowest BCUT2D eigenvalue weighted by atomic mass is 10.0. The topological polar surface area (TPSA) is 109 Å². The van der Waals surface area contributed by atoms with Crippen molar-refractivity contribution in [3.63, 3.8) is 0 Å². The maximum atomic E-state index is 13.9. The Hall–Kier alpha value is -2.39. The second-order valence-corrected chi connectivity index (χ2v) is 9.82. The van der Waals surface area contributed by atoms with E-state index in [0.717, 1.165) is 17.3 Å². The number of aryl methyl sites for hydroxylation is 2. The second kappa shape index (κ2) is 11.9. The van der Waals surface area contributed by atoms with Gasteiger partial charge in [-0.05, 0) is 63.1 Å². The fourth-order valence-electron chi connectivity index (χ4n) is 2.35. The van der Waals surface area contributed by atoms with Crippen molar-refractivity contribution in [3.8, 4) is 0 Å². The zero-order valence-corrected chi connectivity index (χ0v) is 19.4. The molecule has 0 aliphatic rings. The number of nitrogens with zero attached hydrogens (tertiary/aromatic N) is 1. The van der Waals surface area contributed by atoms with Crippen LogP contribution in [0.4, 0.5) is 14.5 Å². The third-order valence-corrected chi connectivity index (χ3v) is 6.99. The number of rotatable bonds is 8. The Bertz CT molecular complexity index is 957. The average Bonchev–Trinajstić information content (AvgIpc) is 2.71. The number of pyridine rings is 1. The van der Waals surface area contributed by atoms with Crippen LogP contribution in [0.15, 0.2) is 30.5 Å². The molecular weight excluding hydrogens is 446 g/mol. The molecule has 1 heterocycles. The lowest BCUT2D eigenvalue weighted by Crippen LogP contribution is -2.43. The molecule has 2 atom stereocenters. The highest BCUT2D eigenvalue weighted by Gasteiger charge is 2.32. The largest absolute Gasteiger partial charge is 0.386 e. The number of halogens is 3. The van der Waals surface area contributed by atoms with E-state index in [1.54, 1.807) is 6.20 Å². The lowest BCUT2D eigenvalue weighted by molar-refractivity contribution is -0.105. The molecule has 0 saturated carbocycles. The molecular formula is C21H27ClF2N4O2S. The first kappa shape index (κ1) is 26.6. The summed E-state index contributed by atoms with van der Waals surface area (Å²) >= 11 is 5.65. The first-order valence-electron chi connectivity index (χ1n) is 9.31. The number of amides is 1. The van der Waals surface area contributed by atoms with Crippen molar-refractivity contribution in [3.05, 3.63) is 58.1 Å². The van der Waals surface area contributed by atoms with Crippen molar-refractivity contribution < 1.29 is 17.8 Å². The van der Waals surface area contributed by atoms with E-state index >= 15 is 0 Å². The van der Waals surface area contributed by atoms with Gasteiger partial charge in [0.25, 0.3) is 0 Å². The maximum Gasteiger partial charge on any atom is 0.211 e. The van der Waals surface area contributed by atoms with Crippen LogP contribution < -0.4 is 11.1 Å². The number of alkyl halides is 1. The Balaban J connectivity index is 0.000000442. The summed E-state index contributed by atoms with van der Waals surface area (Å²) in [4.78, 5) is 14.5. The number of carbonyl (C=O) groups is 1. The van der Waals surface area contributed by atoms with Crippen LogP contribution in [0, 0.1) is 25.1 Å². The number of hydrogen-bond acceptors (Lipinski definition) is 4. The standard InChI is InChI=1S/C14H19F2N3O2S.C7H8ClN/c1-14(2,13(17)18)22(21)7-9(6-15)11-5-10(19-8-20)3-4-12(11)16;1-5-3-7(8)4-9-6(5)2/h3-5,8-9H,6-7H2,1-2H3,(H3,17,18)(H,19,20);3-4H,1-2H3. The molecule has 170 valence electrons. The molecule has 2 unspecified atom stereocenters.